The van der Waals surface area contributed by atoms with Gasteiger partial charge < -0.3 is 4.90 Å². The van der Waals surface area contributed by atoms with E-state index in [4.69, 9.17) is 0 Å². The molecule has 0 saturated carbocycles. The van der Waals surface area contributed by atoms with Crippen molar-refractivity contribution >= 4 is 45.1 Å². The van der Waals surface area contributed by atoms with Crippen LogP contribution in [0, 0.1) is 5.92 Å². The smallest absolute Gasteiger partial charge is 0.262 e. The number of thioether (sulfide) groups is 1. The molecule has 1 aromatic heterocycles. The van der Waals surface area contributed by atoms with Crippen LogP contribution in [-0.4, -0.2) is 7.05 Å². The minimum atomic E-state index is 0.463. The van der Waals surface area contributed by atoms with E-state index in [-0.39, 0.29) is 0 Å². The van der Waals surface area contributed by atoms with E-state index in [1.807, 2.05) is 23.1 Å². The Hall–Kier alpha value is -2.04. The summed E-state index contributed by atoms with van der Waals surface area (Å²) < 4.78 is 3.62. The van der Waals surface area contributed by atoms with Gasteiger partial charge in [-0.3, -0.25) is 0 Å². The molecule has 1 aliphatic heterocycles. The second-order valence-corrected chi connectivity index (χ2v) is 9.00. The Morgan fingerprint density at radius 1 is 1.08 bits per heavy atom. The number of allylic oxidation sites excluding steroid dienone is 2. The Morgan fingerprint density at radius 3 is 2.54 bits per heavy atom. The topological polar surface area (TPSA) is 7.12 Å². The zero-order chi connectivity index (χ0) is 18.3. The second kappa shape index (κ2) is 6.93. The highest BCUT2D eigenvalue weighted by Gasteiger charge is 2.22. The molecule has 0 N–H and O–H groups in total. The summed E-state index contributed by atoms with van der Waals surface area (Å²) in [4.78, 5) is 3.62. The van der Waals surface area contributed by atoms with Gasteiger partial charge in [0.25, 0.3) is 5.01 Å². The predicted molar refractivity (Wildman–Crippen MR) is 115 cm³/mol. The molecule has 2 aromatic carbocycles. The van der Waals surface area contributed by atoms with Gasteiger partial charge in [-0.25, -0.2) is 0 Å². The zero-order valence-electron chi connectivity index (χ0n) is 15.6. The maximum atomic E-state index is 2.35. The number of rotatable bonds is 3. The SMILES string of the molecule is CC(C)C(=C\c1sc2ccccc2[n+]1C)/C=C1/Sc2ccccc2N1C. The van der Waals surface area contributed by atoms with Crippen LogP contribution in [0.3, 0.4) is 0 Å². The molecule has 3 aromatic rings. The molecule has 2 nitrogen and oxygen atoms in total. The average molecular weight is 380 g/mol. The Bertz CT molecular complexity index is 1030. The molecular formula is C22H23N2S2+. The highest BCUT2D eigenvalue weighted by molar-refractivity contribution is 8.03. The van der Waals surface area contributed by atoms with Crippen LogP contribution in [0.15, 0.2) is 70.1 Å². The summed E-state index contributed by atoms with van der Waals surface area (Å²) in [5.74, 6) is 0.463. The van der Waals surface area contributed by atoms with Gasteiger partial charge in [0.1, 0.15) is 11.7 Å². The number of anilines is 1. The standard InChI is InChI=1S/C22H23N2S2/c1-15(2)16(13-21-23(3)17-9-5-7-11-19(17)25-21)14-22-24(4)18-10-6-8-12-20(18)26-22/h5-15H,1-4H3/q+1. The van der Waals surface area contributed by atoms with Crippen LogP contribution in [0.4, 0.5) is 5.69 Å². The largest absolute Gasteiger partial charge is 0.338 e. The number of benzene rings is 2. The summed E-state index contributed by atoms with van der Waals surface area (Å²) in [5.41, 5.74) is 3.94. The van der Waals surface area contributed by atoms with Crippen molar-refractivity contribution in [3.63, 3.8) is 0 Å². The van der Waals surface area contributed by atoms with E-state index in [0.29, 0.717) is 5.92 Å². The van der Waals surface area contributed by atoms with Crippen LogP contribution in [0.1, 0.15) is 18.9 Å². The molecule has 26 heavy (non-hydrogen) atoms. The molecule has 0 bridgehead atoms. The van der Waals surface area contributed by atoms with E-state index in [1.54, 1.807) is 0 Å². The van der Waals surface area contributed by atoms with E-state index < -0.39 is 0 Å². The first-order valence-corrected chi connectivity index (χ1v) is 10.5. The van der Waals surface area contributed by atoms with E-state index in [1.165, 1.54) is 36.4 Å². The molecular weight excluding hydrogens is 356 g/mol. The van der Waals surface area contributed by atoms with Crippen molar-refractivity contribution < 1.29 is 4.57 Å². The number of nitrogens with zero attached hydrogens (tertiary/aromatic N) is 2. The van der Waals surface area contributed by atoms with Gasteiger partial charge in [-0.15, -0.1) is 0 Å². The minimum absolute atomic E-state index is 0.463. The molecule has 0 aliphatic carbocycles. The van der Waals surface area contributed by atoms with Crippen molar-refractivity contribution in [1.82, 2.24) is 0 Å². The van der Waals surface area contributed by atoms with Gasteiger partial charge in [0.05, 0.1) is 10.7 Å². The van der Waals surface area contributed by atoms with Gasteiger partial charge >= 0.3 is 0 Å². The van der Waals surface area contributed by atoms with Crippen LogP contribution in [0.2, 0.25) is 0 Å². The van der Waals surface area contributed by atoms with Crippen LogP contribution in [0.5, 0.6) is 0 Å². The lowest BCUT2D eigenvalue weighted by Gasteiger charge is -2.15. The molecule has 0 radical (unpaired) electrons. The van der Waals surface area contributed by atoms with Gasteiger partial charge in [-0.05, 0) is 35.8 Å². The fourth-order valence-electron chi connectivity index (χ4n) is 3.15. The molecule has 4 heteroatoms. The van der Waals surface area contributed by atoms with Gasteiger partial charge in [-0.2, -0.15) is 4.57 Å². The molecule has 132 valence electrons. The monoisotopic (exact) mass is 379 g/mol. The fourth-order valence-corrected chi connectivity index (χ4v) is 5.38. The summed E-state index contributed by atoms with van der Waals surface area (Å²) in [7, 11) is 4.31. The zero-order valence-corrected chi connectivity index (χ0v) is 17.2. The molecule has 0 amide bonds. The van der Waals surface area contributed by atoms with E-state index >= 15 is 0 Å². The van der Waals surface area contributed by atoms with Crippen molar-refractivity contribution in [3.05, 3.63) is 70.2 Å². The van der Waals surface area contributed by atoms with Crippen molar-refractivity contribution in [2.75, 3.05) is 11.9 Å². The van der Waals surface area contributed by atoms with E-state index in [9.17, 15) is 0 Å². The van der Waals surface area contributed by atoms with Crippen LogP contribution in [0.25, 0.3) is 16.3 Å². The Balaban J connectivity index is 1.75. The van der Waals surface area contributed by atoms with Crippen LogP contribution < -0.4 is 9.47 Å². The molecule has 0 unspecified atom stereocenters. The molecule has 2 heterocycles. The lowest BCUT2D eigenvalue weighted by Crippen LogP contribution is -2.29. The third-order valence-corrected chi connectivity index (χ3v) is 7.12. The molecule has 1 aliphatic rings. The first-order chi connectivity index (χ1) is 12.5. The quantitative estimate of drug-likeness (QED) is 0.527. The number of aryl methyl sites for hydroxylation is 1. The van der Waals surface area contributed by atoms with E-state index in [2.05, 4.69) is 98.1 Å². The lowest BCUT2D eigenvalue weighted by molar-refractivity contribution is -0.642. The Morgan fingerprint density at radius 2 is 1.81 bits per heavy atom. The molecule has 0 saturated heterocycles. The lowest BCUT2D eigenvalue weighted by atomic mass is 10.0. The minimum Gasteiger partial charge on any atom is -0.338 e. The number of para-hydroxylation sites is 2. The van der Waals surface area contributed by atoms with Crippen molar-refractivity contribution in [3.8, 4) is 0 Å². The van der Waals surface area contributed by atoms with Crippen LogP contribution >= 0.6 is 23.1 Å². The maximum Gasteiger partial charge on any atom is 0.262 e. The van der Waals surface area contributed by atoms with Crippen molar-refractivity contribution in [1.29, 1.82) is 0 Å². The maximum absolute atomic E-state index is 2.35. The Labute approximate surface area is 163 Å². The fraction of sp³-hybridized carbons (Fsp3) is 0.227. The first-order valence-electron chi connectivity index (χ1n) is 8.86. The number of hydrogen-bond acceptors (Lipinski definition) is 3. The number of aromatic nitrogens is 1. The highest BCUT2D eigenvalue weighted by Crippen LogP contribution is 2.45. The third kappa shape index (κ3) is 3.08. The van der Waals surface area contributed by atoms with Gasteiger partial charge in [-0.1, -0.05) is 61.2 Å². The second-order valence-electron chi connectivity index (χ2n) is 6.88. The first kappa shape index (κ1) is 17.4. The van der Waals surface area contributed by atoms with Gasteiger partial charge in [0, 0.05) is 24.1 Å². The average Bonchev–Trinajstić information content (AvgIpc) is 3.13. The number of hydrogen-bond donors (Lipinski definition) is 0. The highest BCUT2D eigenvalue weighted by atomic mass is 32.2. The number of fused-ring (bicyclic) bond motifs is 2. The molecule has 0 fully saturated rings. The summed E-state index contributed by atoms with van der Waals surface area (Å²) in [6.07, 6.45) is 4.69. The summed E-state index contributed by atoms with van der Waals surface area (Å²) in [6.45, 7) is 4.53. The Kier molecular flexibility index (Phi) is 4.63. The van der Waals surface area contributed by atoms with Crippen molar-refractivity contribution in [2.24, 2.45) is 13.0 Å². The van der Waals surface area contributed by atoms with Crippen molar-refractivity contribution in [2.45, 2.75) is 18.7 Å². The molecule has 0 atom stereocenters. The molecule has 0 spiro atoms. The summed E-state index contributed by atoms with van der Waals surface area (Å²) in [5, 5.41) is 2.57. The summed E-state index contributed by atoms with van der Waals surface area (Å²) in [6, 6.07) is 17.2. The normalized spacial score (nSPS) is 16.1. The van der Waals surface area contributed by atoms with Crippen LogP contribution in [-0.2, 0) is 7.05 Å². The predicted octanol–water partition coefficient (Wildman–Crippen LogP) is 5.85. The summed E-state index contributed by atoms with van der Waals surface area (Å²) >= 11 is 3.71. The molecule has 4 rings (SSSR count). The van der Waals surface area contributed by atoms with Gasteiger partial charge in [0.2, 0.25) is 5.52 Å². The number of thiazole rings is 1. The van der Waals surface area contributed by atoms with E-state index in [0.717, 1.165) is 0 Å². The van der Waals surface area contributed by atoms with Gasteiger partial charge in [0.15, 0.2) is 0 Å². The third-order valence-electron chi connectivity index (χ3n) is 4.79.